The molecule has 174 valence electrons. The summed E-state index contributed by atoms with van der Waals surface area (Å²) in [5.41, 5.74) is -1.88. The van der Waals surface area contributed by atoms with Crippen molar-refractivity contribution in [3.8, 4) is 11.6 Å². The van der Waals surface area contributed by atoms with Gasteiger partial charge in [0, 0.05) is 16.6 Å². The highest BCUT2D eigenvalue weighted by Crippen LogP contribution is 2.47. The molecule has 0 N–H and O–H groups in total. The fourth-order valence-corrected chi connectivity index (χ4v) is 3.90. The lowest BCUT2D eigenvalue weighted by molar-refractivity contribution is -0.141. The lowest BCUT2D eigenvalue weighted by atomic mass is 10.1. The summed E-state index contributed by atoms with van der Waals surface area (Å²) in [5.74, 6) is -0.116. The van der Waals surface area contributed by atoms with Gasteiger partial charge in [-0.2, -0.15) is 31.3 Å². The second-order valence-corrected chi connectivity index (χ2v) is 7.85. The maximum Gasteiger partial charge on any atom is 0.433 e. The molecular weight excluding hydrogens is 464 g/mol. The van der Waals surface area contributed by atoms with Gasteiger partial charge in [0.2, 0.25) is 0 Å². The fourth-order valence-electron chi connectivity index (χ4n) is 3.90. The number of hydrogen-bond acceptors (Lipinski definition) is 4. The number of alkyl halides is 6. The Bertz CT molecular complexity index is 1440. The number of benzene rings is 1. The molecule has 4 aromatic rings. The molecule has 0 bridgehead atoms. The lowest BCUT2D eigenvalue weighted by Gasteiger charge is -2.12. The zero-order valence-electron chi connectivity index (χ0n) is 17.1. The third kappa shape index (κ3) is 3.87. The number of hydrogen-bond donors (Lipinski definition) is 0. The number of fused-ring (bicyclic) bond motifs is 1. The average Bonchev–Trinajstić information content (AvgIpc) is 3.41. The van der Waals surface area contributed by atoms with Crippen LogP contribution in [0.25, 0.3) is 27.3 Å². The summed E-state index contributed by atoms with van der Waals surface area (Å²) < 4.78 is 86.9. The van der Waals surface area contributed by atoms with Gasteiger partial charge in [0.25, 0.3) is 5.89 Å². The van der Waals surface area contributed by atoms with Crippen LogP contribution >= 0.6 is 0 Å². The van der Waals surface area contributed by atoms with Gasteiger partial charge in [-0.3, -0.25) is 0 Å². The number of nitrogens with zero attached hydrogens (tertiary/aromatic N) is 5. The Morgan fingerprint density at radius 3 is 2.44 bits per heavy atom. The molecule has 0 spiro atoms. The summed E-state index contributed by atoms with van der Waals surface area (Å²) in [5, 5.41) is 3.70. The van der Waals surface area contributed by atoms with Gasteiger partial charge in [0.05, 0.1) is 18.7 Å². The second-order valence-electron chi connectivity index (χ2n) is 7.85. The molecule has 0 aliphatic heterocycles. The van der Waals surface area contributed by atoms with Crippen LogP contribution in [0.1, 0.15) is 41.5 Å². The van der Waals surface area contributed by atoms with Gasteiger partial charge >= 0.3 is 12.4 Å². The summed E-state index contributed by atoms with van der Waals surface area (Å²) in [6.07, 6.45) is -7.76. The Kier molecular flexibility index (Phi) is 4.89. The summed E-state index contributed by atoms with van der Waals surface area (Å²) in [6.45, 7) is 7.06. The van der Waals surface area contributed by atoms with Crippen LogP contribution in [0, 0.1) is 6.57 Å². The van der Waals surface area contributed by atoms with Gasteiger partial charge in [-0.05, 0) is 43.0 Å². The third-order valence-electron chi connectivity index (χ3n) is 5.52. The van der Waals surface area contributed by atoms with Crippen LogP contribution in [0.3, 0.4) is 0 Å². The number of rotatable bonds is 4. The van der Waals surface area contributed by atoms with E-state index in [-0.39, 0.29) is 40.8 Å². The van der Waals surface area contributed by atoms with Gasteiger partial charge < -0.3 is 9.09 Å². The highest BCUT2D eigenvalue weighted by atomic mass is 19.4. The lowest BCUT2D eigenvalue weighted by Crippen LogP contribution is -2.08. The molecule has 1 aliphatic rings. The van der Waals surface area contributed by atoms with Crippen molar-refractivity contribution in [2.75, 3.05) is 0 Å². The Morgan fingerprint density at radius 1 is 1.03 bits per heavy atom. The van der Waals surface area contributed by atoms with E-state index in [4.69, 9.17) is 11.1 Å². The molecule has 1 fully saturated rings. The van der Waals surface area contributed by atoms with E-state index < -0.39 is 29.3 Å². The first-order valence-electron chi connectivity index (χ1n) is 10.0. The van der Waals surface area contributed by atoms with Gasteiger partial charge in [0.15, 0.2) is 11.5 Å². The molecule has 1 aromatic carbocycles. The predicted molar refractivity (Wildman–Crippen MR) is 107 cm³/mol. The molecule has 0 atom stereocenters. The molecule has 12 heteroatoms. The van der Waals surface area contributed by atoms with Crippen molar-refractivity contribution in [1.82, 2.24) is 19.7 Å². The Hall–Kier alpha value is -3.88. The Balaban J connectivity index is 1.56. The number of halogens is 6. The molecule has 5 rings (SSSR count). The van der Waals surface area contributed by atoms with Crippen LogP contribution in [0.2, 0.25) is 0 Å². The predicted octanol–water partition coefficient (Wildman–Crippen LogP) is 6.60. The van der Waals surface area contributed by atoms with Gasteiger partial charge in [0.1, 0.15) is 11.4 Å². The van der Waals surface area contributed by atoms with Gasteiger partial charge in [-0.15, -0.1) is 0 Å². The largest absolute Gasteiger partial charge is 0.433 e. The summed E-state index contributed by atoms with van der Waals surface area (Å²) in [6, 6.07) is 7.27. The number of pyridine rings is 1. The van der Waals surface area contributed by atoms with Crippen molar-refractivity contribution in [3.63, 3.8) is 0 Å². The molecule has 0 unspecified atom stereocenters. The summed E-state index contributed by atoms with van der Waals surface area (Å²) in [7, 11) is 0. The zero-order valence-corrected chi connectivity index (χ0v) is 17.1. The van der Waals surface area contributed by atoms with E-state index in [2.05, 4.69) is 20.0 Å². The topological polar surface area (TPSA) is 61.1 Å². The first-order valence-corrected chi connectivity index (χ1v) is 10.0. The highest BCUT2D eigenvalue weighted by Gasteiger charge is 2.38. The zero-order chi connectivity index (χ0) is 24.3. The minimum absolute atomic E-state index is 0.0568. The van der Waals surface area contributed by atoms with Crippen LogP contribution in [-0.4, -0.2) is 19.7 Å². The Labute approximate surface area is 187 Å². The molecule has 1 saturated carbocycles. The maximum atomic E-state index is 13.8. The van der Waals surface area contributed by atoms with Crippen LogP contribution in [0.15, 0.2) is 40.9 Å². The van der Waals surface area contributed by atoms with Crippen molar-refractivity contribution < 1.29 is 30.9 Å². The quantitative estimate of drug-likeness (QED) is 0.245. The van der Waals surface area contributed by atoms with Crippen LogP contribution < -0.4 is 0 Å². The second kappa shape index (κ2) is 7.58. The summed E-state index contributed by atoms with van der Waals surface area (Å²) >= 11 is 0. The summed E-state index contributed by atoms with van der Waals surface area (Å²) in [4.78, 5) is 10.6. The molecule has 0 amide bonds. The van der Waals surface area contributed by atoms with E-state index in [1.165, 1.54) is 18.2 Å². The third-order valence-corrected chi connectivity index (χ3v) is 5.52. The smallest absolute Gasteiger partial charge is 0.337 e. The average molecular weight is 477 g/mol. The van der Waals surface area contributed by atoms with Gasteiger partial charge in [-0.1, -0.05) is 17.3 Å². The minimum Gasteiger partial charge on any atom is -0.337 e. The van der Waals surface area contributed by atoms with Crippen molar-refractivity contribution in [1.29, 1.82) is 0 Å². The molecule has 3 heterocycles. The highest BCUT2D eigenvalue weighted by molar-refractivity contribution is 5.90. The first-order chi connectivity index (χ1) is 16.1. The van der Waals surface area contributed by atoms with E-state index in [1.54, 1.807) is 4.57 Å². The van der Waals surface area contributed by atoms with Crippen LogP contribution in [0.4, 0.5) is 32.0 Å². The number of aromatic nitrogens is 4. The van der Waals surface area contributed by atoms with E-state index >= 15 is 0 Å². The minimum atomic E-state index is -4.72. The molecule has 0 saturated heterocycles. The molecule has 0 radical (unpaired) electrons. The van der Waals surface area contributed by atoms with E-state index in [0.29, 0.717) is 5.69 Å². The van der Waals surface area contributed by atoms with E-state index in [9.17, 15) is 26.3 Å². The van der Waals surface area contributed by atoms with Crippen molar-refractivity contribution >= 4 is 16.6 Å². The van der Waals surface area contributed by atoms with Gasteiger partial charge in [-0.25, -0.2) is 9.83 Å². The SMILES string of the molecule is [C-]#[N+]c1ccc2c(cc(C3CC3)n2Cc2noc(-c3cccc(C(F)(F)F)n3)n2)c1C(F)(F)F. The standard InChI is InChI=1S/C22H13F6N5O/c1-29-13-7-8-15-12(19(13)22(26,27)28)9-16(11-5-6-11)33(15)10-18-31-20(34-32-18)14-3-2-4-17(30-14)21(23,24)25/h2-4,7-9,11H,5-6,10H2. The monoisotopic (exact) mass is 477 g/mol. The van der Waals surface area contributed by atoms with Crippen molar-refractivity contribution in [3.05, 3.63) is 70.6 Å². The van der Waals surface area contributed by atoms with Crippen LogP contribution in [-0.2, 0) is 18.9 Å². The molecule has 6 nitrogen and oxygen atoms in total. The van der Waals surface area contributed by atoms with E-state index in [0.717, 1.165) is 31.0 Å². The molecule has 34 heavy (non-hydrogen) atoms. The molecule has 1 aliphatic carbocycles. The fraction of sp³-hybridized carbons (Fsp3) is 0.273. The molecule has 3 aromatic heterocycles. The van der Waals surface area contributed by atoms with Crippen molar-refractivity contribution in [2.24, 2.45) is 0 Å². The maximum absolute atomic E-state index is 13.8. The van der Waals surface area contributed by atoms with E-state index in [1.807, 2.05) is 0 Å². The van der Waals surface area contributed by atoms with Crippen molar-refractivity contribution in [2.45, 2.75) is 37.7 Å². The van der Waals surface area contributed by atoms with Crippen LogP contribution in [0.5, 0.6) is 0 Å². The normalized spacial score (nSPS) is 14.5. The molecular formula is C22H13F6N5O. The Morgan fingerprint density at radius 2 is 1.79 bits per heavy atom. The first kappa shape index (κ1) is 21.9.